The zero-order chi connectivity index (χ0) is 28.3. The van der Waals surface area contributed by atoms with Crippen molar-refractivity contribution in [3.63, 3.8) is 0 Å². The van der Waals surface area contributed by atoms with E-state index in [1.54, 1.807) is 6.92 Å². The van der Waals surface area contributed by atoms with Gasteiger partial charge in [-0.15, -0.1) is 0 Å². The summed E-state index contributed by atoms with van der Waals surface area (Å²) in [5.74, 6) is 1.69. The van der Waals surface area contributed by atoms with Crippen LogP contribution in [0.4, 0.5) is 11.5 Å². The average Bonchev–Trinajstić information content (AvgIpc) is 3.32. The normalized spacial score (nSPS) is 10.3. The number of rotatable bonds is 13. The van der Waals surface area contributed by atoms with Crippen molar-refractivity contribution in [3.05, 3.63) is 41.3 Å². The molecule has 2 aromatic heterocycles. The summed E-state index contributed by atoms with van der Waals surface area (Å²) < 4.78 is 11.1. The zero-order valence-corrected chi connectivity index (χ0v) is 24.2. The van der Waals surface area contributed by atoms with Crippen LogP contribution in [0.15, 0.2) is 24.4 Å². The number of fused-ring (bicyclic) bond motifs is 1. The summed E-state index contributed by atoms with van der Waals surface area (Å²) in [6.07, 6.45) is 7.16. The maximum absolute atomic E-state index is 9.37. The molecule has 0 atom stereocenters. The number of ether oxygens (including phenoxy) is 2. The highest BCUT2D eigenvalue weighted by Gasteiger charge is 2.12. The first kappa shape index (κ1) is 32.9. The van der Waals surface area contributed by atoms with E-state index < -0.39 is 5.97 Å². The Morgan fingerprint density at radius 2 is 1.82 bits per heavy atom. The number of nitrogens with zero attached hydrogens (tertiary/aromatic N) is 2. The fourth-order valence-electron chi connectivity index (χ4n) is 3.51. The number of aromatic nitrogens is 3. The first-order chi connectivity index (χ1) is 18.3. The molecule has 0 bridgehead atoms. The van der Waals surface area contributed by atoms with Gasteiger partial charge in [0, 0.05) is 24.9 Å². The molecule has 0 aliphatic carbocycles. The van der Waals surface area contributed by atoms with E-state index in [0.717, 1.165) is 46.1 Å². The lowest BCUT2D eigenvalue weighted by Crippen LogP contribution is -2.07. The van der Waals surface area contributed by atoms with Gasteiger partial charge in [-0.3, -0.25) is 4.79 Å². The number of benzene rings is 1. The highest BCUT2D eigenvalue weighted by Crippen LogP contribution is 2.29. The Morgan fingerprint density at radius 3 is 2.39 bits per heavy atom. The van der Waals surface area contributed by atoms with E-state index >= 15 is 0 Å². The molecular weight excluding hydrogens is 482 g/mol. The van der Waals surface area contributed by atoms with Crippen molar-refractivity contribution in [3.8, 4) is 5.75 Å². The van der Waals surface area contributed by atoms with Crippen molar-refractivity contribution in [1.29, 1.82) is 0 Å². The van der Waals surface area contributed by atoms with Gasteiger partial charge in [-0.25, -0.2) is 9.97 Å². The van der Waals surface area contributed by atoms with Crippen molar-refractivity contribution < 1.29 is 19.4 Å². The van der Waals surface area contributed by atoms with E-state index in [9.17, 15) is 4.79 Å². The van der Waals surface area contributed by atoms with Crippen LogP contribution in [0.3, 0.4) is 0 Å². The molecule has 38 heavy (non-hydrogen) atoms. The third-order valence-electron chi connectivity index (χ3n) is 5.57. The summed E-state index contributed by atoms with van der Waals surface area (Å²) in [6.45, 7) is 14.9. The quantitative estimate of drug-likeness (QED) is 0.194. The van der Waals surface area contributed by atoms with Crippen molar-refractivity contribution in [2.75, 3.05) is 38.7 Å². The lowest BCUT2D eigenvalue weighted by atomic mass is 10.1. The molecule has 3 aromatic rings. The minimum Gasteiger partial charge on any atom is -0.491 e. The molecule has 0 spiro atoms. The van der Waals surface area contributed by atoms with Crippen LogP contribution in [-0.4, -0.2) is 59.4 Å². The van der Waals surface area contributed by atoms with Crippen LogP contribution in [0, 0.1) is 13.8 Å². The predicted octanol–water partition coefficient (Wildman–Crippen LogP) is 6.17. The number of carboxylic acid groups (broad SMARTS) is 1. The molecule has 0 fully saturated rings. The molecule has 1 aromatic carbocycles. The third kappa shape index (κ3) is 11.9. The molecule has 3 rings (SSSR count). The van der Waals surface area contributed by atoms with E-state index in [1.165, 1.54) is 31.4 Å². The first-order valence-electron chi connectivity index (χ1n) is 13.6. The second-order valence-electron chi connectivity index (χ2n) is 8.72. The molecule has 9 nitrogen and oxygen atoms in total. The molecule has 0 saturated heterocycles. The van der Waals surface area contributed by atoms with Crippen molar-refractivity contribution in [2.24, 2.45) is 0 Å². The van der Waals surface area contributed by atoms with Crippen LogP contribution < -0.4 is 15.4 Å². The van der Waals surface area contributed by atoms with Gasteiger partial charge in [0.15, 0.2) is 0 Å². The van der Waals surface area contributed by atoms with E-state index in [4.69, 9.17) is 14.6 Å². The van der Waals surface area contributed by atoms with Crippen molar-refractivity contribution in [1.82, 2.24) is 20.3 Å². The van der Waals surface area contributed by atoms with Gasteiger partial charge in [0.2, 0.25) is 0 Å². The molecule has 0 aliphatic heterocycles. The predicted molar refractivity (Wildman–Crippen MR) is 156 cm³/mol. The summed E-state index contributed by atoms with van der Waals surface area (Å²) in [4.78, 5) is 21.7. The summed E-state index contributed by atoms with van der Waals surface area (Å²) in [7, 11) is 2.00. The topological polar surface area (TPSA) is 121 Å². The number of carboxylic acids is 1. The Bertz CT molecular complexity index is 1080. The molecular formula is C29H47N5O4. The van der Waals surface area contributed by atoms with Crippen LogP contribution in [0.25, 0.3) is 11.0 Å². The number of aliphatic carboxylic acids is 1. The summed E-state index contributed by atoms with van der Waals surface area (Å²) >= 11 is 0. The maximum atomic E-state index is 9.37. The van der Waals surface area contributed by atoms with Crippen LogP contribution in [0.1, 0.15) is 70.3 Å². The van der Waals surface area contributed by atoms with E-state index in [2.05, 4.69) is 45.5 Å². The first-order valence-corrected chi connectivity index (χ1v) is 13.6. The SMILES string of the molecule is CCC(=O)O.CCCCCNC.CCOCCOc1ccc(Nc2nc(C)nc3[nH]cc(CC)c23)cc1C. The van der Waals surface area contributed by atoms with Gasteiger partial charge in [-0.2, -0.15) is 0 Å². The number of H-pyrrole nitrogens is 1. The van der Waals surface area contributed by atoms with Gasteiger partial charge in [0.25, 0.3) is 0 Å². The van der Waals surface area contributed by atoms with Crippen LogP contribution in [-0.2, 0) is 16.0 Å². The van der Waals surface area contributed by atoms with Gasteiger partial charge in [-0.1, -0.05) is 33.6 Å². The summed E-state index contributed by atoms with van der Waals surface area (Å²) in [5.41, 5.74) is 4.11. The lowest BCUT2D eigenvalue weighted by molar-refractivity contribution is -0.136. The van der Waals surface area contributed by atoms with Crippen LogP contribution in [0.2, 0.25) is 0 Å². The molecule has 9 heteroatoms. The van der Waals surface area contributed by atoms with Crippen LogP contribution >= 0.6 is 0 Å². The second kappa shape index (κ2) is 19.0. The van der Waals surface area contributed by atoms with Gasteiger partial charge >= 0.3 is 5.97 Å². The highest BCUT2D eigenvalue weighted by molar-refractivity contribution is 5.92. The van der Waals surface area contributed by atoms with E-state index in [0.29, 0.717) is 19.8 Å². The van der Waals surface area contributed by atoms with Crippen molar-refractivity contribution in [2.45, 2.75) is 73.6 Å². The Kier molecular flexibility index (Phi) is 16.4. The molecule has 0 radical (unpaired) electrons. The number of hydrogen-bond acceptors (Lipinski definition) is 7. The van der Waals surface area contributed by atoms with E-state index in [-0.39, 0.29) is 6.42 Å². The minimum atomic E-state index is -0.745. The molecule has 0 saturated carbocycles. The van der Waals surface area contributed by atoms with E-state index in [1.807, 2.05) is 46.1 Å². The van der Waals surface area contributed by atoms with Crippen LogP contribution in [0.5, 0.6) is 5.75 Å². The minimum absolute atomic E-state index is 0.222. The molecule has 0 aliphatic rings. The number of carbonyl (C=O) groups is 1. The summed E-state index contributed by atoms with van der Waals surface area (Å²) in [5, 5.41) is 15.3. The van der Waals surface area contributed by atoms with Gasteiger partial charge < -0.3 is 30.2 Å². The largest absolute Gasteiger partial charge is 0.491 e. The Morgan fingerprint density at radius 1 is 1.08 bits per heavy atom. The Labute approximate surface area is 227 Å². The molecule has 2 heterocycles. The summed E-state index contributed by atoms with van der Waals surface area (Å²) in [6, 6.07) is 6.05. The number of unbranched alkanes of at least 4 members (excludes halogenated alkanes) is 2. The average molecular weight is 530 g/mol. The number of aromatic amines is 1. The Hall–Kier alpha value is -3.17. The van der Waals surface area contributed by atoms with Crippen molar-refractivity contribution >= 4 is 28.5 Å². The molecule has 4 N–H and O–H groups in total. The number of nitrogens with one attached hydrogen (secondary N) is 3. The third-order valence-corrected chi connectivity index (χ3v) is 5.57. The monoisotopic (exact) mass is 529 g/mol. The smallest absolute Gasteiger partial charge is 0.303 e. The lowest BCUT2D eigenvalue weighted by Gasteiger charge is -2.13. The zero-order valence-electron chi connectivity index (χ0n) is 24.2. The fourth-order valence-corrected chi connectivity index (χ4v) is 3.51. The van der Waals surface area contributed by atoms with Gasteiger partial charge in [0.1, 0.15) is 29.6 Å². The standard InChI is InChI=1S/C20H26N4O2.C6H15N.C3H6O2/c1-5-15-12-21-19-18(15)20(23-14(4)22-19)24-16-7-8-17(13(3)11-16)26-10-9-25-6-2;1-3-4-5-6-7-2;1-2-3(4)5/h7-8,11-12H,5-6,9-10H2,1-4H3,(H2,21,22,23,24);7H,3-6H2,1-2H3;2H2,1H3,(H,4,5). The molecule has 0 unspecified atom stereocenters. The second-order valence-corrected chi connectivity index (χ2v) is 8.72. The molecule has 212 valence electrons. The highest BCUT2D eigenvalue weighted by atomic mass is 16.5. The number of aryl methyl sites for hydroxylation is 3. The fraction of sp³-hybridized carbons (Fsp3) is 0.552. The van der Waals surface area contributed by atoms with Gasteiger partial charge in [-0.05, 0) is 76.5 Å². The molecule has 0 amide bonds. The Balaban J connectivity index is 0.000000503. The number of hydrogen-bond donors (Lipinski definition) is 4. The van der Waals surface area contributed by atoms with Gasteiger partial charge in [0.05, 0.1) is 12.0 Å². The maximum Gasteiger partial charge on any atom is 0.303 e. The number of anilines is 2.